The molecule has 1 amide bonds. The fourth-order valence-electron chi connectivity index (χ4n) is 4.28. The summed E-state index contributed by atoms with van der Waals surface area (Å²) in [7, 11) is 0. The van der Waals surface area contributed by atoms with Crippen LogP contribution < -0.4 is 10.5 Å². The second-order valence-electron chi connectivity index (χ2n) is 7.83. The van der Waals surface area contributed by atoms with E-state index in [9.17, 15) is 14.0 Å². The number of hydrogen-bond acceptors (Lipinski definition) is 5. The third-order valence-corrected chi connectivity index (χ3v) is 7.51. The molecule has 32 heavy (non-hydrogen) atoms. The number of aromatic nitrogens is 2. The van der Waals surface area contributed by atoms with Crippen molar-refractivity contribution in [2.24, 2.45) is 0 Å². The van der Waals surface area contributed by atoms with Crippen LogP contribution in [-0.4, -0.2) is 27.7 Å². The third kappa shape index (κ3) is 3.63. The van der Waals surface area contributed by atoms with Crippen LogP contribution in [0, 0.1) is 12.7 Å². The maximum absolute atomic E-state index is 13.3. The number of thioether (sulfide) groups is 1. The van der Waals surface area contributed by atoms with E-state index >= 15 is 0 Å². The Labute approximate surface area is 192 Å². The molecule has 1 unspecified atom stereocenters. The maximum Gasteiger partial charge on any atom is 0.260 e. The molecular formula is C24H20FN3O2S2. The highest BCUT2D eigenvalue weighted by atomic mass is 32.2. The lowest BCUT2D eigenvalue weighted by molar-refractivity contribution is -0.116. The van der Waals surface area contributed by atoms with Crippen LogP contribution in [0.2, 0.25) is 0 Å². The number of anilines is 1. The number of nitrogens with zero attached hydrogens (tertiary/aromatic N) is 2. The molecule has 1 atom stereocenters. The molecule has 0 saturated heterocycles. The summed E-state index contributed by atoms with van der Waals surface area (Å²) >= 11 is 2.66. The number of halogens is 1. The Balaban J connectivity index is 1.41. The van der Waals surface area contributed by atoms with Gasteiger partial charge >= 0.3 is 0 Å². The predicted octanol–water partition coefficient (Wildman–Crippen LogP) is 5.17. The van der Waals surface area contributed by atoms with Crippen LogP contribution in [0.15, 0.2) is 58.5 Å². The number of H-pyrrole nitrogens is 1. The summed E-state index contributed by atoms with van der Waals surface area (Å²) in [6.07, 6.45) is 0.842. The minimum Gasteiger partial charge on any atom is -0.308 e. The Kier molecular flexibility index (Phi) is 5.35. The normalized spacial score (nSPS) is 15.3. The second-order valence-corrected chi connectivity index (χ2v) is 9.99. The molecule has 3 heterocycles. The van der Waals surface area contributed by atoms with Crippen LogP contribution in [0.4, 0.5) is 10.1 Å². The molecule has 0 radical (unpaired) electrons. The minimum absolute atomic E-state index is 0.00967. The zero-order valence-electron chi connectivity index (χ0n) is 17.5. The molecule has 162 valence electrons. The van der Waals surface area contributed by atoms with E-state index in [0.29, 0.717) is 15.4 Å². The van der Waals surface area contributed by atoms with Crippen LogP contribution in [0.5, 0.6) is 0 Å². The number of benzene rings is 2. The molecule has 5 rings (SSSR count). The van der Waals surface area contributed by atoms with Gasteiger partial charge in [0.15, 0.2) is 5.16 Å². The molecule has 0 fully saturated rings. The SMILES string of the molecule is Cc1sc2nc(SCC(=O)N3c4ccccc4CC3C)[nH]c(=O)c2c1-c1ccc(F)cc1. The lowest BCUT2D eigenvalue weighted by Gasteiger charge is -2.22. The molecule has 5 nitrogen and oxygen atoms in total. The van der Waals surface area contributed by atoms with Gasteiger partial charge in [-0.15, -0.1) is 11.3 Å². The number of amides is 1. The summed E-state index contributed by atoms with van der Waals surface area (Å²) in [6, 6.07) is 14.2. The number of para-hydroxylation sites is 1. The van der Waals surface area contributed by atoms with Gasteiger partial charge in [0.2, 0.25) is 5.91 Å². The van der Waals surface area contributed by atoms with E-state index in [1.54, 1.807) is 12.1 Å². The van der Waals surface area contributed by atoms with Crippen molar-refractivity contribution in [1.29, 1.82) is 0 Å². The van der Waals surface area contributed by atoms with E-state index in [0.717, 1.165) is 28.1 Å². The van der Waals surface area contributed by atoms with Crippen LogP contribution in [0.1, 0.15) is 17.4 Å². The summed E-state index contributed by atoms with van der Waals surface area (Å²) in [5.41, 5.74) is 3.43. The molecule has 2 aromatic carbocycles. The minimum atomic E-state index is -0.323. The highest BCUT2D eigenvalue weighted by Gasteiger charge is 2.30. The van der Waals surface area contributed by atoms with E-state index in [1.165, 1.54) is 40.8 Å². The number of carbonyl (C=O) groups excluding carboxylic acids is 1. The van der Waals surface area contributed by atoms with Crippen molar-refractivity contribution in [1.82, 2.24) is 9.97 Å². The van der Waals surface area contributed by atoms with Gasteiger partial charge < -0.3 is 9.88 Å². The number of hydrogen-bond donors (Lipinski definition) is 1. The molecule has 8 heteroatoms. The van der Waals surface area contributed by atoms with Gasteiger partial charge in [-0.1, -0.05) is 42.1 Å². The van der Waals surface area contributed by atoms with E-state index in [4.69, 9.17) is 0 Å². The number of aryl methyl sites for hydroxylation is 1. The molecule has 0 saturated carbocycles. The molecule has 2 aromatic heterocycles. The fourth-order valence-corrected chi connectivity index (χ4v) is 6.10. The van der Waals surface area contributed by atoms with E-state index in [1.807, 2.05) is 36.9 Å². The first kappa shape index (κ1) is 20.9. The lowest BCUT2D eigenvalue weighted by Crippen LogP contribution is -2.37. The van der Waals surface area contributed by atoms with Crippen LogP contribution in [0.25, 0.3) is 21.3 Å². The van der Waals surface area contributed by atoms with Gasteiger partial charge in [-0.2, -0.15) is 0 Å². The molecular weight excluding hydrogens is 445 g/mol. The number of nitrogens with one attached hydrogen (secondary N) is 1. The number of fused-ring (bicyclic) bond motifs is 2. The Morgan fingerprint density at radius 2 is 2.00 bits per heavy atom. The first-order valence-corrected chi connectivity index (χ1v) is 12.0. The lowest BCUT2D eigenvalue weighted by atomic mass is 10.0. The van der Waals surface area contributed by atoms with Gasteiger partial charge in [-0.3, -0.25) is 9.59 Å². The van der Waals surface area contributed by atoms with Gasteiger partial charge in [0.05, 0.1) is 11.1 Å². The van der Waals surface area contributed by atoms with Crippen LogP contribution in [0.3, 0.4) is 0 Å². The fraction of sp³-hybridized carbons (Fsp3) is 0.208. The van der Waals surface area contributed by atoms with E-state index in [-0.39, 0.29) is 29.1 Å². The van der Waals surface area contributed by atoms with Crippen molar-refractivity contribution in [3.8, 4) is 11.1 Å². The number of rotatable bonds is 4. The van der Waals surface area contributed by atoms with Crippen molar-refractivity contribution >= 4 is 44.9 Å². The Hall–Kier alpha value is -2.97. The van der Waals surface area contributed by atoms with Gasteiger partial charge in [0, 0.05) is 22.2 Å². The molecule has 0 bridgehead atoms. The highest BCUT2D eigenvalue weighted by Crippen LogP contribution is 2.36. The zero-order chi connectivity index (χ0) is 22.4. The average molecular weight is 466 g/mol. The molecule has 1 N–H and O–H groups in total. The smallest absolute Gasteiger partial charge is 0.260 e. The summed E-state index contributed by atoms with van der Waals surface area (Å²) < 4.78 is 13.3. The van der Waals surface area contributed by atoms with E-state index in [2.05, 4.69) is 16.0 Å². The van der Waals surface area contributed by atoms with Crippen LogP contribution in [-0.2, 0) is 11.2 Å². The molecule has 0 spiro atoms. The first-order valence-electron chi connectivity index (χ1n) is 10.2. The Morgan fingerprint density at radius 3 is 2.78 bits per heavy atom. The summed E-state index contributed by atoms with van der Waals surface area (Å²) in [5, 5.41) is 0.916. The average Bonchev–Trinajstić information content (AvgIpc) is 3.28. The zero-order valence-corrected chi connectivity index (χ0v) is 19.1. The van der Waals surface area contributed by atoms with Crippen molar-refractivity contribution < 1.29 is 9.18 Å². The monoisotopic (exact) mass is 465 g/mol. The first-order chi connectivity index (χ1) is 15.4. The predicted molar refractivity (Wildman–Crippen MR) is 128 cm³/mol. The third-order valence-electron chi connectivity index (χ3n) is 5.66. The standard InChI is InChI=1S/C24H20FN3O2S2/c1-13-11-16-5-3-4-6-18(16)28(13)19(29)12-31-24-26-22(30)21-20(14(2)32-23(21)27-24)15-7-9-17(25)10-8-15/h3-10,13H,11-12H2,1-2H3,(H,26,27,30). The van der Waals surface area contributed by atoms with Gasteiger partial charge in [0.1, 0.15) is 10.6 Å². The van der Waals surface area contributed by atoms with Crippen molar-refractivity contribution in [3.63, 3.8) is 0 Å². The van der Waals surface area contributed by atoms with E-state index < -0.39 is 0 Å². The highest BCUT2D eigenvalue weighted by molar-refractivity contribution is 7.99. The molecule has 1 aliphatic heterocycles. The van der Waals surface area contributed by atoms with Crippen molar-refractivity contribution in [2.45, 2.75) is 31.5 Å². The summed E-state index contributed by atoms with van der Waals surface area (Å²) in [6.45, 7) is 3.97. The summed E-state index contributed by atoms with van der Waals surface area (Å²) in [5.74, 6) is -0.150. The van der Waals surface area contributed by atoms with Gasteiger partial charge in [-0.05, 0) is 49.6 Å². The van der Waals surface area contributed by atoms with Gasteiger partial charge in [-0.25, -0.2) is 9.37 Å². The van der Waals surface area contributed by atoms with Crippen LogP contribution >= 0.6 is 23.1 Å². The molecule has 1 aliphatic rings. The number of aromatic amines is 1. The molecule has 4 aromatic rings. The largest absolute Gasteiger partial charge is 0.308 e. The summed E-state index contributed by atoms with van der Waals surface area (Å²) in [4.78, 5) is 36.7. The maximum atomic E-state index is 13.3. The van der Waals surface area contributed by atoms with Crippen molar-refractivity contribution in [3.05, 3.63) is 75.1 Å². The van der Waals surface area contributed by atoms with Gasteiger partial charge in [0.25, 0.3) is 5.56 Å². The Morgan fingerprint density at radius 1 is 1.25 bits per heavy atom. The second kappa shape index (κ2) is 8.18. The quantitative estimate of drug-likeness (QED) is 0.334. The topological polar surface area (TPSA) is 66.1 Å². The number of thiophene rings is 1. The number of carbonyl (C=O) groups is 1. The Bertz CT molecular complexity index is 1390. The molecule has 0 aliphatic carbocycles. The van der Waals surface area contributed by atoms with Crippen molar-refractivity contribution in [2.75, 3.05) is 10.7 Å².